The topological polar surface area (TPSA) is 80.9 Å². The van der Waals surface area contributed by atoms with E-state index in [1.54, 1.807) is 12.1 Å². The van der Waals surface area contributed by atoms with Crippen LogP contribution in [0.3, 0.4) is 0 Å². The van der Waals surface area contributed by atoms with Gasteiger partial charge >= 0.3 is 5.97 Å². The van der Waals surface area contributed by atoms with Crippen LogP contribution in [0.2, 0.25) is 0 Å². The number of aromatic carboxylic acids is 1. The molecule has 0 radical (unpaired) electrons. The number of nitrogens with zero attached hydrogens (tertiary/aromatic N) is 4. The Morgan fingerprint density at radius 2 is 1.94 bits per heavy atom. The third-order valence-electron chi connectivity index (χ3n) is 2.28. The lowest BCUT2D eigenvalue weighted by atomic mass is 10.1. The number of aromatic nitrogens is 4. The molecule has 0 atom stereocenters. The highest BCUT2D eigenvalue weighted by Crippen LogP contribution is 2.15. The first-order valence-electron chi connectivity index (χ1n) is 5.21. The molecule has 0 saturated carbocycles. The van der Waals surface area contributed by atoms with E-state index in [9.17, 15) is 4.79 Å². The van der Waals surface area contributed by atoms with E-state index in [2.05, 4.69) is 15.4 Å². The molecule has 6 nitrogen and oxygen atoms in total. The predicted octanol–water partition coefficient (Wildman–Crippen LogP) is 1.62. The minimum atomic E-state index is -0.949. The van der Waals surface area contributed by atoms with E-state index in [0.29, 0.717) is 5.82 Å². The number of hydrogen-bond acceptors (Lipinski definition) is 4. The van der Waals surface area contributed by atoms with E-state index in [1.807, 2.05) is 13.8 Å². The van der Waals surface area contributed by atoms with Crippen LogP contribution < -0.4 is 0 Å². The first-order valence-corrected chi connectivity index (χ1v) is 5.21. The first-order chi connectivity index (χ1) is 8.08. The summed E-state index contributed by atoms with van der Waals surface area (Å²) < 4.78 is 0. The Morgan fingerprint density at radius 3 is 2.41 bits per heavy atom. The Balaban J connectivity index is 2.30. The molecule has 0 fully saturated rings. The van der Waals surface area contributed by atoms with Crippen LogP contribution in [0.25, 0.3) is 11.4 Å². The maximum Gasteiger partial charge on any atom is 0.335 e. The van der Waals surface area contributed by atoms with Crippen molar-refractivity contribution in [3.05, 3.63) is 29.8 Å². The maximum atomic E-state index is 10.7. The quantitative estimate of drug-likeness (QED) is 0.869. The lowest BCUT2D eigenvalue weighted by Gasteiger charge is -1.99. The van der Waals surface area contributed by atoms with E-state index in [0.717, 1.165) is 5.56 Å². The second-order valence-electron chi connectivity index (χ2n) is 3.91. The van der Waals surface area contributed by atoms with Crippen molar-refractivity contribution < 1.29 is 9.90 Å². The van der Waals surface area contributed by atoms with Gasteiger partial charge in [0.1, 0.15) is 0 Å². The minimum Gasteiger partial charge on any atom is -0.478 e. The van der Waals surface area contributed by atoms with Crippen LogP contribution in [0, 0.1) is 0 Å². The molecule has 2 rings (SSSR count). The average Bonchev–Trinajstić information content (AvgIpc) is 2.78. The van der Waals surface area contributed by atoms with E-state index in [1.165, 1.54) is 16.9 Å². The van der Waals surface area contributed by atoms with Crippen LogP contribution in [-0.4, -0.2) is 31.3 Å². The van der Waals surface area contributed by atoms with Gasteiger partial charge in [-0.15, -0.1) is 10.2 Å². The summed E-state index contributed by atoms with van der Waals surface area (Å²) in [4.78, 5) is 12.2. The zero-order valence-electron chi connectivity index (χ0n) is 9.53. The first kappa shape index (κ1) is 11.3. The molecule has 17 heavy (non-hydrogen) atoms. The van der Waals surface area contributed by atoms with Crippen LogP contribution in [0.4, 0.5) is 0 Å². The summed E-state index contributed by atoms with van der Waals surface area (Å²) in [5, 5.41) is 20.8. The van der Waals surface area contributed by atoms with Crippen molar-refractivity contribution in [3.8, 4) is 11.4 Å². The molecule has 0 bridgehead atoms. The maximum absolute atomic E-state index is 10.7. The van der Waals surface area contributed by atoms with Crippen molar-refractivity contribution in [3.63, 3.8) is 0 Å². The van der Waals surface area contributed by atoms with Gasteiger partial charge in [-0.3, -0.25) is 0 Å². The van der Waals surface area contributed by atoms with E-state index in [-0.39, 0.29) is 11.6 Å². The summed E-state index contributed by atoms with van der Waals surface area (Å²) in [5.41, 5.74) is 0.993. The normalized spacial score (nSPS) is 10.8. The summed E-state index contributed by atoms with van der Waals surface area (Å²) in [6.45, 7) is 3.91. The van der Waals surface area contributed by atoms with E-state index in [4.69, 9.17) is 5.11 Å². The van der Waals surface area contributed by atoms with Crippen LogP contribution in [-0.2, 0) is 0 Å². The lowest BCUT2D eigenvalue weighted by molar-refractivity contribution is 0.0697. The number of tetrazole rings is 1. The van der Waals surface area contributed by atoms with Crippen molar-refractivity contribution in [2.45, 2.75) is 19.9 Å². The Kier molecular flexibility index (Phi) is 2.86. The van der Waals surface area contributed by atoms with Gasteiger partial charge in [0.25, 0.3) is 0 Å². The summed E-state index contributed by atoms with van der Waals surface area (Å²) in [5.74, 6) is -0.453. The Hall–Kier alpha value is -2.24. The summed E-state index contributed by atoms with van der Waals surface area (Å²) >= 11 is 0. The fourth-order valence-electron chi connectivity index (χ4n) is 1.32. The molecule has 2 aromatic rings. The lowest BCUT2D eigenvalue weighted by Crippen LogP contribution is -2.04. The zero-order valence-corrected chi connectivity index (χ0v) is 9.53. The number of benzene rings is 1. The Bertz CT molecular complexity index is 531. The standard InChI is InChI=1S/C11H12N4O2/c1-7(2)15-13-10(12-14-15)8-3-5-9(6-4-8)11(16)17/h3-7H,1-2H3,(H,16,17). The molecule has 0 aliphatic rings. The van der Waals surface area contributed by atoms with E-state index < -0.39 is 5.97 Å². The second kappa shape index (κ2) is 4.32. The minimum absolute atomic E-state index is 0.148. The number of carboxylic acid groups (broad SMARTS) is 1. The fourth-order valence-corrected chi connectivity index (χ4v) is 1.32. The smallest absolute Gasteiger partial charge is 0.335 e. The molecule has 1 heterocycles. The second-order valence-corrected chi connectivity index (χ2v) is 3.91. The Labute approximate surface area is 97.9 Å². The monoisotopic (exact) mass is 232 g/mol. The molecule has 0 aliphatic heterocycles. The summed E-state index contributed by atoms with van der Waals surface area (Å²) in [6, 6.07) is 6.53. The van der Waals surface area contributed by atoms with Crippen LogP contribution in [0.15, 0.2) is 24.3 Å². The highest BCUT2D eigenvalue weighted by atomic mass is 16.4. The van der Waals surface area contributed by atoms with Gasteiger partial charge in [-0.05, 0) is 31.2 Å². The molecule has 0 saturated heterocycles. The van der Waals surface area contributed by atoms with Crippen LogP contribution in [0.1, 0.15) is 30.2 Å². The number of carbonyl (C=O) groups is 1. The number of hydrogen-bond donors (Lipinski definition) is 1. The Morgan fingerprint density at radius 1 is 1.29 bits per heavy atom. The van der Waals surface area contributed by atoms with Gasteiger partial charge in [0, 0.05) is 5.56 Å². The molecule has 6 heteroatoms. The van der Waals surface area contributed by atoms with Crippen LogP contribution in [0.5, 0.6) is 0 Å². The summed E-state index contributed by atoms with van der Waals surface area (Å²) in [6.07, 6.45) is 0. The average molecular weight is 232 g/mol. The highest BCUT2D eigenvalue weighted by molar-refractivity contribution is 5.88. The van der Waals surface area contributed by atoms with Crippen molar-refractivity contribution in [1.29, 1.82) is 0 Å². The van der Waals surface area contributed by atoms with Crippen molar-refractivity contribution in [1.82, 2.24) is 20.2 Å². The highest BCUT2D eigenvalue weighted by Gasteiger charge is 2.09. The van der Waals surface area contributed by atoms with Gasteiger partial charge in [-0.1, -0.05) is 12.1 Å². The van der Waals surface area contributed by atoms with Gasteiger partial charge in [0.05, 0.1) is 11.6 Å². The predicted molar refractivity (Wildman–Crippen MR) is 60.6 cm³/mol. The molecule has 0 spiro atoms. The largest absolute Gasteiger partial charge is 0.478 e. The SMILES string of the molecule is CC(C)n1nnc(-c2ccc(C(=O)O)cc2)n1. The molecule has 1 aromatic carbocycles. The summed E-state index contributed by atoms with van der Waals surface area (Å²) in [7, 11) is 0. The van der Waals surface area contributed by atoms with Crippen molar-refractivity contribution >= 4 is 5.97 Å². The van der Waals surface area contributed by atoms with Crippen LogP contribution >= 0.6 is 0 Å². The van der Waals surface area contributed by atoms with Gasteiger partial charge in [0.2, 0.25) is 5.82 Å². The molecule has 0 amide bonds. The molecular formula is C11H12N4O2. The van der Waals surface area contributed by atoms with Crippen molar-refractivity contribution in [2.75, 3.05) is 0 Å². The molecule has 1 aromatic heterocycles. The number of rotatable bonds is 3. The zero-order chi connectivity index (χ0) is 12.4. The fraction of sp³-hybridized carbons (Fsp3) is 0.273. The van der Waals surface area contributed by atoms with Gasteiger partial charge in [-0.25, -0.2) is 4.79 Å². The molecular weight excluding hydrogens is 220 g/mol. The van der Waals surface area contributed by atoms with Gasteiger partial charge in [0.15, 0.2) is 0 Å². The molecule has 1 N–H and O–H groups in total. The third-order valence-corrected chi connectivity index (χ3v) is 2.28. The van der Waals surface area contributed by atoms with E-state index >= 15 is 0 Å². The van der Waals surface area contributed by atoms with Gasteiger partial charge in [-0.2, -0.15) is 4.80 Å². The molecule has 88 valence electrons. The molecule has 0 unspecified atom stereocenters. The van der Waals surface area contributed by atoms with Gasteiger partial charge < -0.3 is 5.11 Å². The third kappa shape index (κ3) is 2.30. The molecule has 0 aliphatic carbocycles. The van der Waals surface area contributed by atoms with Crippen molar-refractivity contribution in [2.24, 2.45) is 0 Å². The number of carboxylic acids is 1.